The van der Waals surface area contributed by atoms with E-state index < -0.39 is 0 Å². The van der Waals surface area contributed by atoms with E-state index in [1.165, 1.54) is 12.1 Å². The summed E-state index contributed by atoms with van der Waals surface area (Å²) in [6, 6.07) is 13.9. The molecule has 0 saturated heterocycles. The number of hydrogen-bond donors (Lipinski definition) is 1. The summed E-state index contributed by atoms with van der Waals surface area (Å²) in [6.07, 6.45) is 0. The van der Waals surface area contributed by atoms with E-state index in [2.05, 4.69) is 10.4 Å². The molecular weight excluding hydrogens is 355 g/mol. The molecule has 2 aromatic carbocycles. The Balaban J connectivity index is 2.04. The van der Waals surface area contributed by atoms with Crippen molar-refractivity contribution < 1.29 is 9.18 Å². The van der Waals surface area contributed by atoms with Gasteiger partial charge in [0.15, 0.2) is 0 Å². The summed E-state index contributed by atoms with van der Waals surface area (Å²) in [5, 5.41) is 7.62. The average molecular weight is 380 g/mol. The van der Waals surface area contributed by atoms with Gasteiger partial charge in [0.2, 0.25) is 0 Å². The molecule has 28 heavy (non-hydrogen) atoms. The van der Waals surface area contributed by atoms with Crippen LogP contribution in [0.15, 0.2) is 48.5 Å². The largest absolute Gasteiger partial charge is 0.349 e. The average Bonchev–Trinajstić information content (AvgIpc) is 3.09. The number of nitrogens with zero attached hydrogens (tertiary/aromatic N) is 3. The van der Waals surface area contributed by atoms with E-state index in [0.717, 1.165) is 28.9 Å². The molecule has 146 valence electrons. The Labute approximate surface area is 164 Å². The lowest BCUT2D eigenvalue weighted by Gasteiger charge is -2.13. The summed E-state index contributed by atoms with van der Waals surface area (Å²) in [5.74, 6) is -0.497. The van der Waals surface area contributed by atoms with Gasteiger partial charge in [-0.3, -0.25) is 4.79 Å². The van der Waals surface area contributed by atoms with Crippen LogP contribution in [0, 0.1) is 19.7 Å². The molecule has 3 rings (SSSR count). The van der Waals surface area contributed by atoms with Gasteiger partial charge in [-0.1, -0.05) is 12.1 Å². The lowest BCUT2D eigenvalue weighted by molar-refractivity contribution is 0.0943. The topological polar surface area (TPSA) is 50.2 Å². The van der Waals surface area contributed by atoms with Crippen LogP contribution >= 0.6 is 0 Å². The molecule has 0 fully saturated rings. The predicted molar refractivity (Wildman–Crippen MR) is 109 cm³/mol. The van der Waals surface area contributed by atoms with Crippen molar-refractivity contribution in [3.05, 3.63) is 71.2 Å². The fraction of sp³-hybridized carbons (Fsp3) is 0.273. The highest BCUT2D eigenvalue weighted by molar-refractivity contribution is 5.94. The molecule has 0 aliphatic heterocycles. The minimum atomic E-state index is -0.306. The third-order valence-electron chi connectivity index (χ3n) is 4.52. The Morgan fingerprint density at radius 3 is 2.50 bits per heavy atom. The van der Waals surface area contributed by atoms with E-state index in [-0.39, 0.29) is 11.7 Å². The Morgan fingerprint density at radius 1 is 1.11 bits per heavy atom. The van der Waals surface area contributed by atoms with Crippen LogP contribution in [0.5, 0.6) is 0 Å². The van der Waals surface area contributed by atoms with Crippen molar-refractivity contribution in [1.29, 1.82) is 0 Å². The molecule has 0 radical (unpaired) electrons. The molecule has 0 spiro atoms. The van der Waals surface area contributed by atoms with Gasteiger partial charge in [0.05, 0.1) is 11.4 Å². The van der Waals surface area contributed by atoms with Gasteiger partial charge in [-0.05, 0) is 75.5 Å². The van der Waals surface area contributed by atoms with Crippen molar-refractivity contribution in [3.8, 4) is 16.9 Å². The molecule has 6 heteroatoms. The van der Waals surface area contributed by atoms with Crippen molar-refractivity contribution in [2.24, 2.45) is 0 Å². The minimum Gasteiger partial charge on any atom is -0.349 e. The van der Waals surface area contributed by atoms with Crippen LogP contribution in [0.3, 0.4) is 0 Å². The first kappa shape index (κ1) is 19.8. The first-order chi connectivity index (χ1) is 13.3. The highest BCUT2D eigenvalue weighted by Gasteiger charge is 2.18. The fourth-order valence-electron chi connectivity index (χ4n) is 2.92. The van der Waals surface area contributed by atoms with Gasteiger partial charge in [-0.25, -0.2) is 9.07 Å². The highest BCUT2D eigenvalue weighted by Crippen LogP contribution is 2.24. The van der Waals surface area contributed by atoms with Crippen LogP contribution in [0.2, 0.25) is 0 Å². The number of benzene rings is 2. The Kier molecular flexibility index (Phi) is 5.90. The van der Waals surface area contributed by atoms with Gasteiger partial charge < -0.3 is 10.2 Å². The minimum absolute atomic E-state index is 0.191. The summed E-state index contributed by atoms with van der Waals surface area (Å²) < 4.78 is 15.0. The Morgan fingerprint density at radius 2 is 1.82 bits per heavy atom. The monoisotopic (exact) mass is 380 g/mol. The number of hydrogen-bond acceptors (Lipinski definition) is 3. The Bertz CT molecular complexity index is 977. The third-order valence-corrected chi connectivity index (χ3v) is 4.52. The van der Waals surface area contributed by atoms with Gasteiger partial charge in [-0.2, -0.15) is 5.10 Å². The van der Waals surface area contributed by atoms with Crippen molar-refractivity contribution >= 4 is 5.91 Å². The van der Waals surface area contributed by atoms with E-state index >= 15 is 0 Å². The van der Waals surface area contributed by atoms with Crippen molar-refractivity contribution in [2.75, 3.05) is 27.2 Å². The summed E-state index contributed by atoms with van der Waals surface area (Å²) in [5.41, 5.74) is 4.78. The molecule has 3 aromatic rings. The first-order valence-electron chi connectivity index (χ1n) is 9.21. The molecule has 0 aliphatic rings. The number of aryl methyl sites for hydroxylation is 2. The third kappa shape index (κ3) is 4.46. The number of halogens is 1. The zero-order chi connectivity index (χ0) is 20.3. The number of nitrogens with one attached hydrogen (secondary N) is 1. The number of carbonyl (C=O) groups excluding carboxylic acids is 1. The second-order valence-electron chi connectivity index (χ2n) is 7.18. The standard InChI is InChI=1S/C22H25FN4O/c1-15-5-6-16(2)20(13-15)27-21(22(28)24-11-12-26(3)4)14-19(25-27)17-7-9-18(23)10-8-17/h5-10,13-14H,11-12H2,1-4H3,(H,24,28). The molecular formula is C22H25FN4O. The van der Waals surface area contributed by atoms with E-state index in [9.17, 15) is 9.18 Å². The van der Waals surface area contributed by atoms with Crippen LogP contribution in [-0.2, 0) is 0 Å². The maximum Gasteiger partial charge on any atom is 0.270 e. The summed E-state index contributed by atoms with van der Waals surface area (Å²) in [6.45, 7) is 5.27. The SMILES string of the molecule is Cc1ccc(C)c(-n2nc(-c3ccc(F)cc3)cc2C(=O)NCCN(C)C)c1. The van der Waals surface area contributed by atoms with E-state index in [1.54, 1.807) is 22.9 Å². The van der Waals surface area contributed by atoms with Gasteiger partial charge in [0.1, 0.15) is 11.5 Å². The van der Waals surface area contributed by atoms with Crippen molar-refractivity contribution in [3.63, 3.8) is 0 Å². The number of carbonyl (C=O) groups is 1. The van der Waals surface area contributed by atoms with Crippen LogP contribution in [0.4, 0.5) is 4.39 Å². The number of aromatic nitrogens is 2. The molecule has 5 nitrogen and oxygen atoms in total. The Hall–Kier alpha value is -2.99. The van der Waals surface area contributed by atoms with E-state index in [4.69, 9.17) is 0 Å². The molecule has 1 heterocycles. The van der Waals surface area contributed by atoms with Gasteiger partial charge >= 0.3 is 0 Å². The molecule has 0 aliphatic carbocycles. The van der Waals surface area contributed by atoms with Crippen LogP contribution < -0.4 is 5.32 Å². The van der Waals surface area contributed by atoms with E-state index in [1.807, 2.05) is 51.0 Å². The second-order valence-corrected chi connectivity index (χ2v) is 7.18. The van der Waals surface area contributed by atoms with Crippen molar-refractivity contribution in [1.82, 2.24) is 20.0 Å². The zero-order valence-corrected chi connectivity index (χ0v) is 16.7. The normalized spacial score (nSPS) is 11.1. The fourth-order valence-corrected chi connectivity index (χ4v) is 2.92. The summed E-state index contributed by atoms with van der Waals surface area (Å²) in [7, 11) is 3.91. The molecule has 1 amide bonds. The summed E-state index contributed by atoms with van der Waals surface area (Å²) >= 11 is 0. The highest BCUT2D eigenvalue weighted by atomic mass is 19.1. The van der Waals surface area contributed by atoms with Crippen LogP contribution in [0.1, 0.15) is 21.6 Å². The van der Waals surface area contributed by atoms with Crippen molar-refractivity contribution in [2.45, 2.75) is 13.8 Å². The summed E-state index contributed by atoms with van der Waals surface area (Å²) in [4.78, 5) is 14.9. The van der Waals surface area contributed by atoms with E-state index in [0.29, 0.717) is 17.9 Å². The lowest BCUT2D eigenvalue weighted by atomic mass is 10.1. The maximum absolute atomic E-state index is 13.3. The molecule has 0 atom stereocenters. The van der Waals surface area contributed by atoms with Gasteiger partial charge in [0.25, 0.3) is 5.91 Å². The number of rotatable bonds is 6. The van der Waals surface area contributed by atoms with Crippen LogP contribution in [0.25, 0.3) is 16.9 Å². The van der Waals surface area contributed by atoms with Gasteiger partial charge in [-0.15, -0.1) is 0 Å². The molecule has 1 aromatic heterocycles. The molecule has 0 bridgehead atoms. The van der Waals surface area contributed by atoms with Crippen LogP contribution in [-0.4, -0.2) is 47.8 Å². The smallest absolute Gasteiger partial charge is 0.270 e. The number of likely N-dealkylation sites (N-methyl/N-ethyl adjacent to an activating group) is 1. The molecule has 0 unspecified atom stereocenters. The molecule has 1 N–H and O–H groups in total. The molecule has 0 saturated carbocycles. The lowest BCUT2D eigenvalue weighted by Crippen LogP contribution is -2.32. The maximum atomic E-state index is 13.3. The van der Waals surface area contributed by atoms with Gasteiger partial charge in [0, 0.05) is 18.7 Å². The zero-order valence-electron chi connectivity index (χ0n) is 16.7. The first-order valence-corrected chi connectivity index (χ1v) is 9.21. The predicted octanol–water partition coefficient (Wildman–Crippen LogP) is 3.59. The number of amides is 1. The second kappa shape index (κ2) is 8.35. The quantitative estimate of drug-likeness (QED) is 0.711.